The van der Waals surface area contributed by atoms with E-state index >= 15 is 0 Å². The van der Waals surface area contributed by atoms with E-state index in [4.69, 9.17) is 26.1 Å². The molecular weight excluding hydrogens is 413 g/mol. The van der Waals surface area contributed by atoms with Gasteiger partial charge in [-0.3, -0.25) is 4.99 Å². The number of nitrogens with zero attached hydrogens (tertiary/aromatic N) is 2. The van der Waals surface area contributed by atoms with Crippen LogP contribution in [-0.2, 0) is 17.8 Å². The highest BCUT2D eigenvalue weighted by Gasteiger charge is 2.38. The Morgan fingerprint density at radius 1 is 1.16 bits per heavy atom. The van der Waals surface area contributed by atoms with Gasteiger partial charge >= 0.3 is 12.1 Å². The Morgan fingerprint density at radius 2 is 1.84 bits per heavy atom. The zero-order chi connectivity index (χ0) is 23.0. The molecule has 3 aromatic rings. The second kappa shape index (κ2) is 10.4. The van der Waals surface area contributed by atoms with Crippen LogP contribution >= 0.6 is 0 Å². The minimum absolute atomic E-state index is 0.134. The topological polar surface area (TPSA) is 116 Å². The van der Waals surface area contributed by atoms with Gasteiger partial charge in [-0.1, -0.05) is 30.3 Å². The van der Waals surface area contributed by atoms with Crippen LogP contribution in [0.1, 0.15) is 11.1 Å². The molecule has 0 bridgehead atoms. The van der Waals surface area contributed by atoms with E-state index in [1.807, 2.05) is 12.1 Å². The normalized spacial score (nSPS) is 10.8. The van der Waals surface area contributed by atoms with Crippen LogP contribution in [0, 0.1) is 0 Å². The molecule has 0 saturated heterocycles. The zero-order valence-electron chi connectivity index (χ0n) is 16.8. The first-order chi connectivity index (χ1) is 14.6. The predicted octanol–water partition coefficient (Wildman–Crippen LogP) is 3.15. The summed E-state index contributed by atoms with van der Waals surface area (Å²) in [5, 5.41) is 8.37. The minimum atomic E-state index is -5.08. The van der Waals surface area contributed by atoms with Gasteiger partial charge in [-0.15, -0.1) is 0 Å². The minimum Gasteiger partial charge on any atom is -0.497 e. The van der Waals surface area contributed by atoms with E-state index in [9.17, 15) is 13.2 Å². The summed E-state index contributed by atoms with van der Waals surface area (Å²) in [6.45, 7) is 1.38. The van der Waals surface area contributed by atoms with E-state index in [-0.39, 0.29) is 5.96 Å². The molecule has 0 unspecified atom stereocenters. The lowest BCUT2D eigenvalue weighted by Gasteiger charge is -2.07. The first kappa shape index (κ1) is 23.6. The van der Waals surface area contributed by atoms with Crippen molar-refractivity contribution in [2.75, 3.05) is 13.7 Å². The quantitative estimate of drug-likeness (QED) is 0.406. The van der Waals surface area contributed by atoms with Gasteiger partial charge in [0.2, 0.25) is 0 Å². The molecule has 1 aromatic heterocycles. The third-order valence-electron chi connectivity index (χ3n) is 4.28. The molecule has 166 valence electrons. The van der Waals surface area contributed by atoms with Crippen molar-refractivity contribution in [2.24, 2.45) is 16.5 Å². The largest absolute Gasteiger partial charge is 0.497 e. The predicted molar refractivity (Wildman–Crippen MR) is 112 cm³/mol. The monoisotopic (exact) mass is 436 g/mol. The number of nitrogens with two attached hydrogens (primary N) is 2. The number of hydrogen-bond acceptors (Lipinski definition) is 3. The summed E-state index contributed by atoms with van der Waals surface area (Å²) >= 11 is 0. The van der Waals surface area contributed by atoms with Crippen molar-refractivity contribution in [3.05, 3.63) is 65.9 Å². The SMILES string of the molecule is COc1cccc(Cn2cc(CCN=C(N)N)c3ccccc32)c1.O=C(O)C(F)(F)F. The van der Waals surface area contributed by atoms with E-state index in [1.165, 1.54) is 22.0 Å². The number of alkyl halides is 3. The van der Waals surface area contributed by atoms with Gasteiger partial charge in [0.15, 0.2) is 5.96 Å². The van der Waals surface area contributed by atoms with Gasteiger partial charge in [-0.05, 0) is 35.7 Å². The van der Waals surface area contributed by atoms with Crippen molar-refractivity contribution in [2.45, 2.75) is 19.1 Å². The average Bonchev–Trinajstić information content (AvgIpc) is 3.05. The summed E-state index contributed by atoms with van der Waals surface area (Å²) in [5.41, 5.74) is 14.5. The van der Waals surface area contributed by atoms with Gasteiger partial charge in [0, 0.05) is 30.2 Å². The van der Waals surface area contributed by atoms with Crippen LogP contribution in [0.15, 0.2) is 59.7 Å². The molecule has 0 amide bonds. The molecule has 3 rings (SSSR count). The Balaban J connectivity index is 0.000000423. The highest BCUT2D eigenvalue weighted by atomic mass is 19.4. The number of guanidine groups is 1. The molecule has 0 radical (unpaired) electrons. The van der Waals surface area contributed by atoms with Crippen LogP contribution in [0.2, 0.25) is 0 Å². The standard InChI is InChI=1S/C19H22N4O.C2HF3O2/c1-24-16-6-4-5-14(11-16)12-23-13-15(9-10-22-19(20)21)17-7-2-3-8-18(17)23;3-2(4,5)1(6)7/h2-8,11,13H,9-10,12H2,1H3,(H4,20,21,22);(H,6,7). The molecular formula is C21H23F3N4O3. The average molecular weight is 436 g/mol. The van der Waals surface area contributed by atoms with Crippen molar-refractivity contribution in [3.8, 4) is 5.75 Å². The number of aliphatic imine (C=N–C) groups is 1. The number of para-hydroxylation sites is 1. The second-order valence-electron chi connectivity index (χ2n) is 6.51. The number of methoxy groups -OCH3 is 1. The number of carboxylic acid groups (broad SMARTS) is 1. The number of hydrogen-bond donors (Lipinski definition) is 3. The van der Waals surface area contributed by atoms with Gasteiger partial charge in [0.25, 0.3) is 0 Å². The molecule has 31 heavy (non-hydrogen) atoms. The van der Waals surface area contributed by atoms with Crippen LogP contribution in [0.4, 0.5) is 13.2 Å². The summed E-state index contributed by atoms with van der Waals surface area (Å²) in [6, 6.07) is 16.5. The number of carbonyl (C=O) groups is 1. The highest BCUT2D eigenvalue weighted by molar-refractivity contribution is 5.84. The van der Waals surface area contributed by atoms with E-state index in [2.05, 4.69) is 52.2 Å². The molecule has 2 aromatic carbocycles. The summed E-state index contributed by atoms with van der Waals surface area (Å²) < 4.78 is 39.3. The molecule has 0 spiro atoms. The Bertz CT molecular complexity index is 1060. The zero-order valence-corrected chi connectivity index (χ0v) is 16.8. The van der Waals surface area contributed by atoms with E-state index in [1.54, 1.807) is 7.11 Å². The lowest BCUT2D eigenvalue weighted by molar-refractivity contribution is -0.192. The Labute approximate surface area is 176 Å². The van der Waals surface area contributed by atoms with Crippen LogP contribution in [0.3, 0.4) is 0 Å². The third kappa shape index (κ3) is 6.95. The lowest BCUT2D eigenvalue weighted by atomic mass is 10.1. The van der Waals surface area contributed by atoms with Crippen LogP contribution in [0.25, 0.3) is 10.9 Å². The van der Waals surface area contributed by atoms with Crippen LogP contribution < -0.4 is 16.2 Å². The first-order valence-electron chi connectivity index (χ1n) is 9.17. The van der Waals surface area contributed by atoms with Gasteiger partial charge in [0.05, 0.1) is 7.11 Å². The summed E-state index contributed by atoms with van der Waals surface area (Å²) in [4.78, 5) is 13.0. The van der Waals surface area contributed by atoms with Crippen molar-refractivity contribution in [1.29, 1.82) is 0 Å². The summed E-state index contributed by atoms with van der Waals surface area (Å²) in [7, 11) is 1.69. The Morgan fingerprint density at radius 3 is 2.45 bits per heavy atom. The van der Waals surface area contributed by atoms with Crippen molar-refractivity contribution in [3.63, 3.8) is 0 Å². The highest BCUT2D eigenvalue weighted by Crippen LogP contribution is 2.24. The number of aliphatic carboxylic acids is 1. The maximum absolute atomic E-state index is 10.6. The molecule has 0 aliphatic heterocycles. The van der Waals surface area contributed by atoms with Gasteiger partial charge in [-0.25, -0.2) is 4.79 Å². The molecule has 7 nitrogen and oxygen atoms in total. The van der Waals surface area contributed by atoms with E-state index in [0.29, 0.717) is 6.54 Å². The van der Waals surface area contributed by atoms with Gasteiger partial charge in [-0.2, -0.15) is 13.2 Å². The molecule has 10 heteroatoms. The smallest absolute Gasteiger partial charge is 0.490 e. The fourth-order valence-electron chi connectivity index (χ4n) is 2.93. The van der Waals surface area contributed by atoms with Crippen molar-refractivity contribution < 1.29 is 27.8 Å². The van der Waals surface area contributed by atoms with Crippen molar-refractivity contribution >= 4 is 22.8 Å². The maximum atomic E-state index is 10.6. The number of aromatic nitrogens is 1. The Hall–Kier alpha value is -3.69. The van der Waals surface area contributed by atoms with Gasteiger partial charge < -0.3 is 25.9 Å². The molecule has 5 N–H and O–H groups in total. The number of benzene rings is 2. The lowest BCUT2D eigenvalue weighted by Crippen LogP contribution is -2.23. The van der Waals surface area contributed by atoms with E-state index in [0.717, 1.165) is 18.7 Å². The second-order valence-corrected chi connectivity index (χ2v) is 6.51. The fourth-order valence-corrected chi connectivity index (χ4v) is 2.93. The molecule has 0 aliphatic carbocycles. The molecule has 0 atom stereocenters. The van der Waals surface area contributed by atoms with Gasteiger partial charge in [0.1, 0.15) is 5.75 Å². The maximum Gasteiger partial charge on any atom is 0.490 e. The summed E-state index contributed by atoms with van der Waals surface area (Å²) in [5.74, 6) is -1.75. The van der Waals surface area contributed by atoms with E-state index < -0.39 is 12.1 Å². The Kier molecular flexibility index (Phi) is 7.89. The third-order valence-corrected chi connectivity index (χ3v) is 4.28. The number of ether oxygens (including phenoxy) is 1. The molecule has 0 fully saturated rings. The fraction of sp³-hybridized carbons (Fsp3) is 0.238. The molecule has 1 heterocycles. The summed E-state index contributed by atoms with van der Waals surface area (Å²) in [6.07, 6.45) is -2.09. The first-order valence-corrected chi connectivity index (χ1v) is 9.17. The van der Waals surface area contributed by atoms with Crippen molar-refractivity contribution in [1.82, 2.24) is 4.57 Å². The van der Waals surface area contributed by atoms with Crippen LogP contribution in [0.5, 0.6) is 5.75 Å². The number of carboxylic acids is 1. The molecule has 0 saturated carbocycles. The van der Waals surface area contributed by atoms with Crippen LogP contribution in [-0.4, -0.2) is 41.4 Å². The molecule has 0 aliphatic rings. The number of halogens is 3. The number of fused-ring (bicyclic) bond motifs is 1. The number of rotatable bonds is 6.